The maximum atomic E-state index is 13.4. The van der Waals surface area contributed by atoms with Crippen LogP contribution in [0, 0.1) is 0 Å². The molecule has 0 saturated heterocycles. The van der Waals surface area contributed by atoms with E-state index in [1.807, 2.05) is 0 Å². The molecule has 37 heavy (non-hydrogen) atoms. The number of fused-ring (bicyclic) bond motifs is 1. The second-order valence-corrected chi connectivity index (χ2v) is 9.94. The van der Waals surface area contributed by atoms with Gasteiger partial charge in [0, 0.05) is 27.9 Å². The number of alkyl halides is 3. The number of hydrogen-bond donors (Lipinski definition) is 2. The molecule has 3 aromatic rings. The normalized spacial score (nSPS) is 16.1. The standard InChI is InChI=1S/C24H16ClF3N2O6S/c25-15-6-3-5-14(11-15)22(32)21-23(33)18-9-1-2-10-19(18)37(34,35)30(21)13-20(31)29-16-7-4-8-17(12-16)36-24(26,27)28/h1-12,32H,13H2,(H,29,31). The molecule has 13 heteroatoms. The molecular formula is C24H16ClF3N2O6S. The molecule has 4 rings (SSSR count). The highest BCUT2D eigenvalue weighted by atomic mass is 35.5. The van der Waals surface area contributed by atoms with Gasteiger partial charge in [0.05, 0.1) is 4.90 Å². The number of rotatable bonds is 5. The lowest BCUT2D eigenvalue weighted by atomic mass is 10.0. The summed E-state index contributed by atoms with van der Waals surface area (Å²) in [6, 6.07) is 15.3. The Labute approximate surface area is 213 Å². The average molecular weight is 553 g/mol. The van der Waals surface area contributed by atoms with Gasteiger partial charge in [0.1, 0.15) is 18.0 Å². The second-order valence-electron chi connectivity index (χ2n) is 7.67. The zero-order valence-electron chi connectivity index (χ0n) is 18.5. The number of ether oxygens (including phenoxy) is 1. The molecule has 192 valence electrons. The summed E-state index contributed by atoms with van der Waals surface area (Å²) >= 11 is 5.97. The first-order valence-electron chi connectivity index (χ1n) is 10.4. The van der Waals surface area contributed by atoms with Gasteiger partial charge < -0.3 is 15.2 Å². The number of ketones is 1. The minimum atomic E-state index is -4.96. The SMILES string of the molecule is O=C(CN1C(=C(O)c2cccc(Cl)c2)C(=O)c2ccccc2S1(=O)=O)Nc1cccc(OC(F)(F)F)c1. The topological polar surface area (TPSA) is 113 Å². The molecule has 0 fully saturated rings. The maximum Gasteiger partial charge on any atom is 0.573 e. The van der Waals surface area contributed by atoms with Crippen LogP contribution in [0.1, 0.15) is 15.9 Å². The van der Waals surface area contributed by atoms with Crippen molar-refractivity contribution in [1.29, 1.82) is 0 Å². The van der Waals surface area contributed by atoms with Gasteiger partial charge in [-0.15, -0.1) is 13.2 Å². The molecular weight excluding hydrogens is 537 g/mol. The van der Waals surface area contributed by atoms with Crippen LogP contribution in [0.2, 0.25) is 5.02 Å². The van der Waals surface area contributed by atoms with Crippen molar-refractivity contribution in [2.45, 2.75) is 11.3 Å². The number of aliphatic hydroxyl groups is 1. The molecule has 0 radical (unpaired) electrons. The van der Waals surface area contributed by atoms with E-state index in [1.54, 1.807) is 0 Å². The number of allylic oxidation sites excluding steroid dienone is 1. The Balaban J connectivity index is 1.74. The third kappa shape index (κ3) is 5.54. The number of carbonyl (C=O) groups is 2. The fourth-order valence-electron chi connectivity index (χ4n) is 3.62. The summed E-state index contributed by atoms with van der Waals surface area (Å²) in [6.07, 6.45) is -4.96. The molecule has 8 nitrogen and oxygen atoms in total. The lowest BCUT2D eigenvalue weighted by Crippen LogP contribution is -2.43. The Morgan fingerprint density at radius 1 is 1.03 bits per heavy atom. The predicted octanol–water partition coefficient (Wildman–Crippen LogP) is 4.99. The number of sulfonamides is 1. The van der Waals surface area contributed by atoms with Gasteiger partial charge in [-0.2, -0.15) is 0 Å². The molecule has 1 amide bonds. The monoisotopic (exact) mass is 552 g/mol. The summed E-state index contributed by atoms with van der Waals surface area (Å²) in [5.41, 5.74) is -1.00. The third-order valence-electron chi connectivity index (χ3n) is 5.13. The second kappa shape index (κ2) is 9.79. The lowest BCUT2D eigenvalue weighted by molar-refractivity contribution is -0.274. The minimum absolute atomic E-state index is 0.0211. The van der Waals surface area contributed by atoms with Crippen LogP contribution in [0.4, 0.5) is 18.9 Å². The van der Waals surface area contributed by atoms with Crippen molar-refractivity contribution in [3.63, 3.8) is 0 Å². The number of anilines is 1. The highest BCUT2D eigenvalue weighted by Crippen LogP contribution is 2.35. The average Bonchev–Trinajstić information content (AvgIpc) is 2.82. The van der Waals surface area contributed by atoms with Crippen molar-refractivity contribution in [3.8, 4) is 5.75 Å². The Morgan fingerprint density at radius 3 is 2.43 bits per heavy atom. The van der Waals surface area contributed by atoms with Crippen LogP contribution in [0.3, 0.4) is 0 Å². The molecule has 1 heterocycles. The van der Waals surface area contributed by atoms with Crippen LogP contribution in [-0.2, 0) is 14.8 Å². The molecule has 1 aliphatic heterocycles. The van der Waals surface area contributed by atoms with E-state index in [2.05, 4.69) is 10.1 Å². The Kier molecular flexibility index (Phi) is 6.89. The Morgan fingerprint density at radius 2 is 1.73 bits per heavy atom. The van der Waals surface area contributed by atoms with E-state index in [9.17, 15) is 36.3 Å². The van der Waals surface area contributed by atoms with E-state index in [0.29, 0.717) is 4.31 Å². The van der Waals surface area contributed by atoms with Crippen LogP contribution in [-0.4, -0.2) is 42.4 Å². The fourth-order valence-corrected chi connectivity index (χ4v) is 5.44. The first kappa shape index (κ1) is 26.0. The minimum Gasteiger partial charge on any atom is -0.505 e. The molecule has 0 aromatic heterocycles. The van der Waals surface area contributed by atoms with E-state index < -0.39 is 51.8 Å². The zero-order chi connectivity index (χ0) is 27.0. The van der Waals surface area contributed by atoms with Gasteiger partial charge in [-0.05, 0) is 36.4 Å². The molecule has 1 aliphatic rings. The molecule has 0 spiro atoms. The van der Waals surface area contributed by atoms with Gasteiger partial charge >= 0.3 is 6.36 Å². The maximum absolute atomic E-state index is 13.4. The van der Waals surface area contributed by atoms with Gasteiger partial charge in [0.2, 0.25) is 11.7 Å². The Bertz CT molecular complexity index is 1540. The number of nitrogens with one attached hydrogen (secondary N) is 1. The van der Waals surface area contributed by atoms with Gasteiger partial charge in [-0.1, -0.05) is 41.9 Å². The summed E-state index contributed by atoms with van der Waals surface area (Å²) in [5.74, 6) is -3.22. The summed E-state index contributed by atoms with van der Waals surface area (Å²) in [5, 5.41) is 13.4. The fraction of sp³-hybridized carbons (Fsp3) is 0.0833. The van der Waals surface area contributed by atoms with Gasteiger partial charge in [0.25, 0.3) is 10.0 Å². The third-order valence-corrected chi connectivity index (χ3v) is 7.16. The molecule has 0 atom stereocenters. The van der Waals surface area contributed by atoms with Crippen LogP contribution in [0.5, 0.6) is 5.75 Å². The number of hydrogen-bond acceptors (Lipinski definition) is 6. The summed E-state index contributed by atoms with van der Waals surface area (Å²) in [7, 11) is -4.52. The summed E-state index contributed by atoms with van der Waals surface area (Å²) < 4.78 is 68.7. The van der Waals surface area contributed by atoms with Crippen molar-refractivity contribution in [3.05, 3.63) is 94.6 Å². The van der Waals surface area contributed by atoms with Gasteiger partial charge in [-0.3, -0.25) is 9.59 Å². The van der Waals surface area contributed by atoms with E-state index in [-0.39, 0.29) is 26.7 Å². The Hall–Kier alpha value is -4.03. The van der Waals surface area contributed by atoms with Gasteiger partial charge in [-0.25, -0.2) is 12.7 Å². The van der Waals surface area contributed by atoms with Crippen LogP contribution < -0.4 is 10.1 Å². The van der Waals surface area contributed by atoms with Crippen LogP contribution in [0.25, 0.3) is 5.76 Å². The van der Waals surface area contributed by atoms with Gasteiger partial charge in [0.15, 0.2) is 5.76 Å². The lowest BCUT2D eigenvalue weighted by Gasteiger charge is -2.31. The van der Waals surface area contributed by atoms with E-state index >= 15 is 0 Å². The van der Waals surface area contributed by atoms with Crippen molar-refractivity contribution in [2.24, 2.45) is 0 Å². The molecule has 0 saturated carbocycles. The van der Waals surface area contributed by atoms with Crippen LogP contribution in [0.15, 0.2) is 83.4 Å². The number of amides is 1. The molecule has 2 N–H and O–H groups in total. The van der Waals surface area contributed by atoms with E-state index in [0.717, 1.165) is 12.1 Å². The van der Waals surface area contributed by atoms with Crippen molar-refractivity contribution >= 4 is 44.8 Å². The van der Waals surface area contributed by atoms with Crippen molar-refractivity contribution in [1.82, 2.24) is 4.31 Å². The van der Waals surface area contributed by atoms with Crippen molar-refractivity contribution in [2.75, 3.05) is 11.9 Å². The highest BCUT2D eigenvalue weighted by Gasteiger charge is 2.42. The number of nitrogens with zero attached hydrogens (tertiary/aromatic N) is 1. The molecule has 0 unspecified atom stereocenters. The number of aliphatic hydroxyl groups excluding tert-OH is 1. The predicted molar refractivity (Wildman–Crippen MR) is 127 cm³/mol. The first-order valence-corrected chi connectivity index (χ1v) is 12.2. The number of benzene rings is 3. The van der Waals surface area contributed by atoms with Crippen molar-refractivity contribution < 1.29 is 41.0 Å². The van der Waals surface area contributed by atoms with E-state index in [4.69, 9.17) is 11.6 Å². The number of halogens is 4. The van der Waals surface area contributed by atoms with Crippen LogP contribution >= 0.6 is 11.6 Å². The number of Topliss-reactive ketones (excluding diaryl/α,β-unsaturated/α-hetero) is 1. The number of carbonyl (C=O) groups excluding carboxylic acids is 2. The first-order chi connectivity index (χ1) is 17.4. The molecule has 0 bridgehead atoms. The largest absolute Gasteiger partial charge is 0.573 e. The summed E-state index contributed by atoms with van der Waals surface area (Å²) in [4.78, 5) is 25.8. The highest BCUT2D eigenvalue weighted by molar-refractivity contribution is 7.89. The zero-order valence-corrected chi connectivity index (χ0v) is 20.1. The quantitative estimate of drug-likeness (QED) is 0.340. The molecule has 3 aromatic carbocycles. The smallest absolute Gasteiger partial charge is 0.505 e. The molecule has 0 aliphatic carbocycles. The van der Waals surface area contributed by atoms with E-state index in [1.165, 1.54) is 60.7 Å². The summed E-state index contributed by atoms with van der Waals surface area (Å²) in [6.45, 7) is -0.979.